The summed E-state index contributed by atoms with van der Waals surface area (Å²) in [4.78, 5) is 11.8. The van der Waals surface area contributed by atoms with Crippen LogP contribution in [0.1, 0.15) is 32.8 Å². The third kappa shape index (κ3) is 6.95. The Morgan fingerprint density at radius 3 is 1.96 bits per heavy atom. The molecule has 1 amide bonds. The van der Waals surface area contributed by atoms with Crippen molar-refractivity contribution in [1.82, 2.24) is 0 Å². The molecule has 0 fully saturated rings. The molecule has 2 rings (SSSR count). The highest BCUT2D eigenvalue weighted by atomic mass is 16.5. The summed E-state index contributed by atoms with van der Waals surface area (Å²) >= 11 is 0. The predicted molar refractivity (Wildman–Crippen MR) is 102 cm³/mol. The van der Waals surface area contributed by atoms with Gasteiger partial charge >= 0.3 is 0 Å². The minimum atomic E-state index is -1.31. The molecule has 1 atom stereocenters. The van der Waals surface area contributed by atoms with Crippen molar-refractivity contribution in [1.29, 1.82) is 0 Å². The summed E-state index contributed by atoms with van der Waals surface area (Å²) in [5.41, 5.74) is 6.11. The molecule has 0 saturated heterocycles. The molecule has 0 aliphatic carbocycles. The Morgan fingerprint density at radius 2 is 1.52 bits per heavy atom. The fraction of sp³-hybridized carbons (Fsp3) is 0.350. The van der Waals surface area contributed by atoms with Gasteiger partial charge < -0.3 is 20.9 Å². The van der Waals surface area contributed by atoms with Crippen LogP contribution in [0, 0.1) is 6.92 Å². The van der Waals surface area contributed by atoms with E-state index in [4.69, 9.17) is 15.6 Å². The molecule has 0 spiro atoms. The van der Waals surface area contributed by atoms with E-state index >= 15 is 0 Å². The van der Waals surface area contributed by atoms with Crippen molar-refractivity contribution in [2.24, 2.45) is 5.73 Å². The number of rotatable bonds is 5. The average molecular weight is 344 g/mol. The van der Waals surface area contributed by atoms with Crippen LogP contribution in [-0.4, -0.2) is 23.2 Å². The molecule has 5 heteroatoms. The number of amides is 1. The average Bonchev–Trinajstić information content (AvgIpc) is 2.59. The molecular weight excluding hydrogens is 316 g/mol. The Kier molecular flexibility index (Phi) is 8.11. The monoisotopic (exact) mass is 344 g/mol. The topological polar surface area (TPSA) is 84.6 Å². The van der Waals surface area contributed by atoms with Gasteiger partial charge in [0.25, 0.3) is 0 Å². The number of hydrogen-bond acceptors (Lipinski definition) is 4. The van der Waals surface area contributed by atoms with E-state index in [-0.39, 0.29) is 0 Å². The standard InChI is InChI=1S/C17H20N2O3.C3H8/c1-12-3-7-14(8-4-12)22-15-9-5-13(6-10-15)19-16(21)17(2,18)11-20;1-3-2/h3-10,20H,11,18H2,1-2H3,(H,19,21);3H2,1-2H3/t17-;/m0./s1. The van der Waals surface area contributed by atoms with E-state index in [1.807, 2.05) is 31.2 Å². The van der Waals surface area contributed by atoms with Crippen LogP contribution >= 0.6 is 0 Å². The molecule has 2 aromatic carbocycles. The Labute approximate surface area is 149 Å². The largest absolute Gasteiger partial charge is 0.457 e. The first-order valence-electron chi connectivity index (χ1n) is 8.38. The Balaban J connectivity index is 0.000000970. The van der Waals surface area contributed by atoms with Gasteiger partial charge in [0.05, 0.1) is 6.61 Å². The van der Waals surface area contributed by atoms with E-state index in [1.165, 1.54) is 18.9 Å². The zero-order chi connectivity index (χ0) is 18.9. The highest BCUT2D eigenvalue weighted by Crippen LogP contribution is 2.23. The van der Waals surface area contributed by atoms with Crippen LogP contribution in [0.2, 0.25) is 0 Å². The minimum Gasteiger partial charge on any atom is -0.457 e. The van der Waals surface area contributed by atoms with Gasteiger partial charge in [-0.2, -0.15) is 0 Å². The van der Waals surface area contributed by atoms with Crippen molar-refractivity contribution in [3.8, 4) is 11.5 Å². The maximum atomic E-state index is 11.8. The molecule has 2 aromatic rings. The molecule has 0 aliphatic rings. The number of nitrogens with two attached hydrogens (primary N) is 1. The highest BCUT2D eigenvalue weighted by molar-refractivity contribution is 5.97. The molecule has 0 bridgehead atoms. The van der Waals surface area contributed by atoms with E-state index in [2.05, 4.69) is 19.2 Å². The Morgan fingerprint density at radius 1 is 1.08 bits per heavy atom. The summed E-state index contributed by atoms with van der Waals surface area (Å²) in [5, 5.41) is 11.7. The normalized spacial score (nSPS) is 12.4. The van der Waals surface area contributed by atoms with Crippen LogP contribution in [0.25, 0.3) is 0 Å². The lowest BCUT2D eigenvalue weighted by Gasteiger charge is -2.20. The number of aryl methyl sites for hydroxylation is 1. The third-order valence-electron chi connectivity index (χ3n) is 3.22. The predicted octanol–water partition coefficient (Wildman–Crippen LogP) is 3.85. The van der Waals surface area contributed by atoms with E-state index < -0.39 is 18.1 Å². The zero-order valence-electron chi connectivity index (χ0n) is 15.4. The molecule has 5 nitrogen and oxygen atoms in total. The summed E-state index contributed by atoms with van der Waals surface area (Å²) in [6.07, 6.45) is 1.25. The second-order valence-electron chi connectivity index (χ2n) is 6.18. The highest BCUT2D eigenvalue weighted by Gasteiger charge is 2.27. The van der Waals surface area contributed by atoms with Crippen molar-refractivity contribution in [3.63, 3.8) is 0 Å². The third-order valence-corrected chi connectivity index (χ3v) is 3.22. The number of aliphatic hydroxyl groups is 1. The molecule has 0 heterocycles. The number of carbonyl (C=O) groups excluding carboxylic acids is 1. The number of hydrogen-bond donors (Lipinski definition) is 3. The van der Waals surface area contributed by atoms with Crippen LogP contribution in [0.15, 0.2) is 48.5 Å². The minimum absolute atomic E-state index is 0.423. The molecule has 0 radical (unpaired) electrons. The number of benzene rings is 2. The second-order valence-corrected chi connectivity index (χ2v) is 6.18. The maximum Gasteiger partial charge on any atom is 0.246 e. The van der Waals surface area contributed by atoms with Gasteiger partial charge in [0, 0.05) is 5.69 Å². The van der Waals surface area contributed by atoms with Crippen molar-refractivity contribution in [2.75, 3.05) is 11.9 Å². The molecule has 136 valence electrons. The Bertz CT molecular complexity index is 650. The molecule has 0 saturated carbocycles. The van der Waals surface area contributed by atoms with Crippen molar-refractivity contribution in [2.45, 2.75) is 39.7 Å². The number of carbonyl (C=O) groups is 1. The smallest absolute Gasteiger partial charge is 0.246 e. The van der Waals surface area contributed by atoms with Gasteiger partial charge in [-0.1, -0.05) is 38.0 Å². The number of anilines is 1. The number of aliphatic hydroxyl groups excluding tert-OH is 1. The summed E-state index contributed by atoms with van der Waals surface area (Å²) < 4.78 is 5.70. The van der Waals surface area contributed by atoms with Gasteiger partial charge in [-0.15, -0.1) is 0 Å². The van der Waals surface area contributed by atoms with Crippen molar-refractivity contribution < 1.29 is 14.6 Å². The van der Waals surface area contributed by atoms with Crippen molar-refractivity contribution in [3.05, 3.63) is 54.1 Å². The van der Waals surface area contributed by atoms with E-state index in [9.17, 15) is 4.79 Å². The summed E-state index contributed by atoms with van der Waals surface area (Å²) in [5.74, 6) is 0.971. The fourth-order valence-corrected chi connectivity index (χ4v) is 1.69. The van der Waals surface area contributed by atoms with Crippen LogP contribution in [0.3, 0.4) is 0 Å². The first kappa shape index (κ1) is 20.7. The van der Waals surface area contributed by atoms with Gasteiger partial charge in [0.15, 0.2) is 0 Å². The van der Waals surface area contributed by atoms with Gasteiger partial charge in [0.2, 0.25) is 5.91 Å². The number of ether oxygens (including phenoxy) is 1. The molecule has 0 unspecified atom stereocenters. The molecule has 25 heavy (non-hydrogen) atoms. The molecule has 0 aliphatic heterocycles. The van der Waals surface area contributed by atoms with Gasteiger partial charge in [-0.25, -0.2) is 0 Å². The summed E-state index contributed by atoms with van der Waals surface area (Å²) in [6.45, 7) is 7.31. The quantitative estimate of drug-likeness (QED) is 0.769. The lowest BCUT2D eigenvalue weighted by Crippen LogP contribution is -2.51. The van der Waals surface area contributed by atoms with E-state index in [0.29, 0.717) is 11.4 Å². The lowest BCUT2D eigenvalue weighted by atomic mass is 10.0. The van der Waals surface area contributed by atoms with E-state index in [0.717, 1.165) is 5.75 Å². The Hall–Kier alpha value is -2.37. The fourth-order valence-electron chi connectivity index (χ4n) is 1.69. The molecule has 4 N–H and O–H groups in total. The lowest BCUT2D eigenvalue weighted by molar-refractivity contribution is -0.121. The summed E-state index contributed by atoms with van der Waals surface area (Å²) in [7, 11) is 0. The first-order valence-corrected chi connectivity index (χ1v) is 8.38. The van der Waals surface area contributed by atoms with Gasteiger partial charge in [-0.05, 0) is 50.2 Å². The van der Waals surface area contributed by atoms with Crippen LogP contribution in [-0.2, 0) is 4.79 Å². The summed E-state index contributed by atoms with van der Waals surface area (Å²) in [6, 6.07) is 14.7. The zero-order valence-corrected chi connectivity index (χ0v) is 15.4. The van der Waals surface area contributed by atoms with Crippen molar-refractivity contribution >= 4 is 11.6 Å². The first-order chi connectivity index (χ1) is 11.8. The second kappa shape index (κ2) is 9.81. The maximum absolute atomic E-state index is 11.8. The van der Waals surface area contributed by atoms with Gasteiger partial charge in [-0.3, -0.25) is 4.79 Å². The molecular formula is C20H28N2O3. The van der Waals surface area contributed by atoms with Crippen LogP contribution < -0.4 is 15.8 Å². The number of nitrogens with one attached hydrogen (secondary N) is 1. The molecule has 0 aromatic heterocycles. The SMILES string of the molecule is CCC.Cc1ccc(Oc2ccc(NC(=O)[C@@](C)(N)CO)cc2)cc1. The van der Waals surface area contributed by atoms with Gasteiger partial charge in [0.1, 0.15) is 17.0 Å². The van der Waals surface area contributed by atoms with E-state index in [1.54, 1.807) is 24.3 Å². The van der Waals surface area contributed by atoms with Crippen LogP contribution in [0.5, 0.6) is 11.5 Å². The van der Waals surface area contributed by atoms with Crippen LogP contribution in [0.4, 0.5) is 5.69 Å².